The van der Waals surface area contributed by atoms with Crippen molar-refractivity contribution in [2.45, 2.75) is 26.8 Å². The van der Waals surface area contributed by atoms with Crippen molar-refractivity contribution in [1.29, 1.82) is 0 Å². The summed E-state index contributed by atoms with van der Waals surface area (Å²) < 4.78 is 0. The van der Waals surface area contributed by atoms with Crippen molar-refractivity contribution in [1.82, 2.24) is 0 Å². The first kappa shape index (κ1) is 12.7. The van der Waals surface area contributed by atoms with Gasteiger partial charge >= 0.3 is 0 Å². The van der Waals surface area contributed by atoms with Gasteiger partial charge in [0.15, 0.2) is 0 Å². The van der Waals surface area contributed by atoms with Gasteiger partial charge in [0, 0.05) is 17.9 Å². The molecule has 0 atom stereocenters. The molecule has 2 rings (SSSR count). The van der Waals surface area contributed by atoms with E-state index in [4.69, 9.17) is 5.73 Å². The molecule has 2 heteroatoms. The van der Waals surface area contributed by atoms with E-state index in [2.05, 4.69) is 49.5 Å². The number of hydrogen-bond acceptors (Lipinski definition) is 2. The summed E-state index contributed by atoms with van der Waals surface area (Å²) in [7, 11) is 0. The summed E-state index contributed by atoms with van der Waals surface area (Å²) in [5.74, 6) is 0. The van der Waals surface area contributed by atoms with Crippen LogP contribution in [0.3, 0.4) is 0 Å². The number of rotatable bonds is 4. The van der Waals surface area contributed by atoms with E-state index in [0.717, 1.165) is 17.7 Å². The molecule has 0 fully saturated rings. The van der Waals surface area contributed by atoms with Gasteiger partial charge in [-0.3, -0.25) is 0 Å². The third kappa shape index (κ3) is 2.71. The standard InChI is InChI=1S/C16H20N2/c1-3-14-8-4-6-12(2)16(14)18-15-9-5-7-13(10-15)11-17/h4-10,18H,3,11,17H2,1-2H3. The molecule has 0 saturated carbocycles. The van der Waals surface area contributed by atoms with Crippen LogP contribution in [0.15, 0.2) is 42.5 Å². The maximum absolute atomic E-state index is 5.67. The summed E-state index contributed by atoms with van der Waals surface area (Å²) in [6.07, 6.45) is 1.03. The monoisotopic (exact) mass is 240 g/mol. The largest absolute Gasteiger partial charge is 0.355 e. The molecule has 0 radical (unpaired) electrons. The molecule has 0 aliphatic rings. The number of aryl methyl sites for hydroxylation is 2. The minimum atomic E-state index is 0.573. The average molecular weight is 240 g/mol. The Hall–Kier alpha value is -1.80. The fourth-order valence-electron chi connectivity index (χ4n) is 2.12. The first-order valence-corrected chi connectivity index (χ1v) is 6.39. The Bertz CT molecular complexity index is 532. The molecular weight excluding hydrogens is 220 g/mol. The van der Waals surface area contributed by atoms with Gasteiger partial charge in [-0.2, -0.15) is 0 Å². The molecule has 0 spiro atoms. The van der Waals surface area contributed by atoms with Gasteiger partial charge < -0.3 is 11.1 Å². The quantitative estimate of drug-likeness (QED) is 0.854. The lowest BCUT2D eigenvalue weighted by Gasteiger charge is -2.14. The minimum absolute atomic E-state index is 0.573. The molecule has 94 valence electrons. The van der Waals surface area contributed by atoms with Crippen LogP contribution in [-0.2, 0) is 13.0 Å². The number of anilines is 2. The molecule has 0 aromatic heterocycles. The first-order valence-electron chi connectivity index (χ1n) is 6.39. The molecule has 0 unspecified atom stereocenters. The van der Waals surface area contributed by atoms with E-state index in [1.165, 1.54) is 16.8 Å². The van der Waals surface area contributed by atoms with Crippen LogP contribution >= 0.6 is 0 Å². The van der Waals surface area contributed by atoms with Crippen LogP contribution in [0.2, 0.25) is 0 Å². The van der Waals surface area contributed by atoms with Crippen LogP contribution in [0.4, 0.5) is 11.4 Å². The first-order chi connectivity index (χ1) is 8.74. The highest BCUT2D eigenvalue weighted by atomic mass is 14.9. The summed E-state index contributed by atoms with van der Waals surface area (Å²) in [5, 5.41) is 3.51. The molecule has 0 amide bonds. The van der Waals surface area contributed by atoms with E-state index in [1.807, 2.05) is 12.1 Å². The van der Waals surface area contributed by atoms with Crippen LogP contribution in [0.1, 0.15) is 23.6 Å². The van der Waals surface area contributed by atoms with Crippen molar-refractivity contribution in [2.24, 2.45) is 5.73 Å². The molecular formula is C16H20N2. The second-order valence-corrected chi connectivity index (χ2v) is 4.49. The zero-order valence-electron chi connectivity index (χ0n) is 11.0. The zero-order chi connectivity index (χ0) is 13.0. The number of hydrogen-bond donors (Lipinski definition) is 2. The maximum atomic E-state index is 5.67. The lowest BCUT2D eigenvalue weighted by atomic mass is 10.1. The van der Waals surface area contributed by atoms with Crippen molar-refractivity contribution in [3.63, 3.8) is 0 Å². The number of nitrogens with one attached hydrogen (secondary N) is 1. The van der Waals surface area contributed by atoms with Crippen LogP contribution in [0, 0.1) is 6.92 Å². The second-order valence-electron chi connectivity index (χ2n) is 4.49. The van der Waals surface area contributed by atoms with Gasteiger partial charge in [0.05, 0.1) is 0 Å². The SMILES string of the molecule is CCc1cccc(C)c1Nc1cccc(CN)c1. The molecule has 0 heterocycles. The number of nitrogens with two attached hydrogens (primary N) is 1. The van der Waals surface area contributed by atoms with E-state index < -0.39 is 0 Å². The molecule has 0 aliphatic heterocycles. The third-order valence-corrected chi connectivity index (χ3v) is 3.17. The van der Waals surface area contributed by atoms with E-state index in [0.29, 0.717) is 6.54 Å². The van der Waals surface area contributed by atoms with Crippen molar-refractivity contribution in [2.75, 3.05) is 5.32 Å². The van der Waals surface area contributed by atoms with Gasteiger partial charge in [-0.25, -0.2) is 0 Å². The van der Waals surface area contributed by atoms with Gasteiger partial charge in [-0.15, -0.1) is 0 Å². The Morgan fingerprint density at radius 3 is 2.61 bits per heavy atom. The average Bonchev–Trinajstić information content (AvgIpc) is 2.41. The van der Waals surface area contributed by atoms with Gasteiger partial charge in [0.1, 0.15) is 0 Å². The molecule has 3 N–H and O–H groups in total. The Morgan fingerprint density at radius 2 is 1.89 bits per heavy atom. The summed E-state index contributed by atoms with van der Waals surface area (Å²) >= 11 is 0. The fourth-order valence-corrected chi connectivity index (χ4v) is 2.12. The molecule has 0 saturated heterocycles. The van der Waals surface area contributed by atoms with Crippen LogP contribution in [-0.4, -0.2) is 0 Å². The van der Waals surface area contributed by atoms with Gasteiger partial charge in [0.25, 0.3) is 0 Å². The Morgan fingerprint density at radius 1 is 1.11 bits per heavy atom. The summed E-state index contributed by atoms with van der Waals surface area (Å²) in [6.45, 7) is 4.88. The van der Waals surface area contributed by atoms with Crippen molar-refractivity contribution < 1.29 is 0 Å². The van der Waals surface area contributed by atoms with E-state index >= 15 is 0 Å². The normalized spacial score (nSPS) is 10.4. The molecule has 2 nitrogen and oxygen atoms in total. The van der Waals surface area contributed by atoms with Gasteiger partial charge in [-0.05, 0) is 42.2 Å². The highest BCUT2D eigenvalue weighted by Gasteiger charge is 2.04. The molecule has 2 aromatic carbocycles. The maximum Gasteiger partial charge on any atom is 0.0446 e. The minimum Gasteiger partial charge on any atom is -0.355 e. The lowest BCUT2D eigenvalue weighted by Crippen LogP contribution is -2.00. The lowest BCUT2D eigenvalue weighted by molar-refractivity contribution is 1.07. The van der Waals surface area contributed by atoms with Gasteiger partial charge in [-0.1, -0.05) is 37.3 Å². The smallest absolute Gasteiger partial charge is 0.0446 e. The predicted molar refractivity (Wildman–Crippen MR) is 78.2 cm³/mol. The number of para-hydroxylation sites is 1. The van der Waals surface area contributed by atoms with Crippen molar-refractivity contribution in [3.05, 3.63) is 59.2 Å². The Balaban J connectivity index is 2.33. The molecule has 0 aliphatic carbocycles. The van der Waals surface area contributed by atoms with E-state index in [9.17, 15) is 0 Å². The van der Waals surface area contributed by atoms with Crippen LogP contribution in [0.25, 0.3) is 0 Å². The highest BCUT2D eigenvalue weighted by Crippen LogP contribution is 2.25. The molecule has 0 bridgehead atoms. The Kier molecular flexibility index (Phi) is 4.00. The molecule has 2 aromatic rings. The van der Waals surface area contributed by atoms with Crippen LogP contribution < -0.4 is 11.1 Å². The zero-order valence-corrected chi connectivity index (χ0v) is 11.0. The third-order valence-electron chi connectivity index (χ3n) is 3.17. The van der Waals surface area contributed by atoms with E-state index in [1.54, 1.807) is 0 Å². The van der Waals surface area contributed by atoms with Crippen LogP contribution in [0.5, 0.6) is 0 Å². The summed E-state index contributed by atoms with van der Waals surface area (Å²) in [6, 6.07) is 14.7. The van der Waals surface area contributed by atoms with Crippen molar-refractivity contribution in [3.8, 4) is 0 Å². The number of benzene rings is 2. The predicted octanol–water partition coefficient (Wildman–Crippen LogP) is 3.76. The summed E-state index contributed by atoms with van der Waals surface area (Å²) in [4.78, 5) is 0. The topological polar surface area (TPSA) is 38.0 Å². The van der Waals surface area contributed by atoms with Crippen molar-refractivity contribution >= 4 is 11.4 Å². The summed E-state index contributed by atoms with van der Waals surface area (Å²) in [5.41, 5.74) is 11.7. The van der Waals surface area contributed by atoms with E-state index in [-0.39, 0.29) is 0 Å². The Labute approximate surface area is 109 Å². The second kappa shape index (κ2) is 5.69. The highest BCUT2D eigenvalue weighted by molar-refractivity contribution is 5.67. The molecule has 18 heavy (non-hydrogen) atoms. The fraction of sp³-hybridized carbons (Fsp3) is 0.250. The van der Waals surface area contributed by atoms with Gasteiger partial charge in [0.2, 0.25) is 0 Å².